The summed E-state index contributed by atoms with van der Waals surface area (Å²) in [4.78, 5) is 19.4. The summed E-state index contributed by atoms with van der Waals surface area (Å²) in [5.74, 6) is 0.892. The molecule has 0 amide bonds. The number of ether oxygens (including phenoxy) is 2. The third-order valence-electron chi connectivity index (χ3n) is 10.8. The monoisotopic (exact) mass is 630 g/mol. The van der Waals surface area contributed by atoms with Crippen molar-refractivity contribution >= 4 is 27.5 Å². The quantitative estimate of drug-likeness (QED) is 0.208. The van der Waals surface area contributed by atoms with E-state index in [0.717, 1.165) is 68.2 Å². The molecule has 2 aromatic heterocycles. The Bertz CT molecular complexity index is 1930. The fourth-order valence-electron chi connectivity index (χ4n) is 8.45. The highest BCUT2D eigenvalue weighted by atomic mass is 19.1. The van der Waals surface area contributed by atoms with Gasteiger partial charge >= 0.3 is 6.01 Å². The third kappa shape index (κ3) is 5.26. The molecule has 0 aliphatic carbocycles. The van der Waals surface area contributed by atoms with Gasteiger partial charge in [-0.1, -0.05) is 54.6 Å². The second kappa shape index (κ2) is 11.7. The van der Waals surface area contributed by atoms with Crippen molar-refractivity contribution in [3.05, 3.63) is 84.3 Å². The van der Waals surface area contributed by atoms with E-state index in [0.29, 0.717) is 47.8 Å². The van der Waals surface area contributed by atoms with Gasteiger partial charge < -0.3 is 19.7 Å². The molecule has 6 heterocycles. The molecule has 2 unspecified atom stereocenters. The van der Waals surface area contributed by atoms with Crippen LogP contribution in [0.4, 0.5) is 10.2 Å². The molecule has 8 nitrogen and oxygen atoms in total. The largest absolute Gasteiger partial charge is 0.489 e. The average molecular weight is 631 g/mol. The zero-order chi connectivity index (χ0) is 31.4. The summed E-state index contributed by atoms with van der Waals surface area (Å²) in [5, 5.41) is 6.17. The number of piperazine rings is 1. The van der Waals surface area contributed by atoms with Crippen LogP contribution in [0.2, 0.25) is 0 Å². The molecule has 2 bridgehead atoms. The van der Waals surface area contributed by atoms with Crippen molar-refractivity contribution in [1.82, 2.24) is 25.2 Å². The molecule has 4 aliphatic heterocycles. The van der Waals surface area contributed by atoms with Crippen molar-refractivity contribution < 1.29 is 13.9 Å². The topological polar surface area (TPSA) is 75.6 Å². The van der Waals surface area contributed by atoms with Crippen LogP contribution >= 0.6 is 0 Å². The number of halogens is 1. The van der Waals surface area contributed by atoms with E-state index in [1.807, 2.05) is 66.7 Å². The van der Waals surface area contributed by atoms with Crippen molar-refractivity contribution in [2.45, 2.75) is 62.8 Å². The first-order valence-corrected chi connectivity index (χ1v) is 17.1. The Labute approximate surface area is 273 Å². The number of benzene rings is 3. The standard InChI is InChI=1S/C38H39FN6O2/c39-33-34(31-19-29(18-26-10-4-5-11-30(26)31)46-23-25-8-2-1-3-9-25)40-20-32-35(33)42-37(47-24-38-14-6-16-45(38)17-7-15-38)43-36(32)44-21-27-12-13-28(22-44)41-27/h1-5,8-11,18-20,27-28,41H,6-7,12-17,21-24H2. The summed E-state index contributed by atoms with van der Waals surface area (Å²) in [6.45, 7) is 4.79. The van der Waals surface area contributed by atoms with Crippen molar-refractivity contribution in [1.29, 1.82) is 0 Å². The number of hydrogen-bond acceptors (Lipinski definition) is 8. The van der Waals surface area contributed by atoms with E-state index < -0.39 is 5.82 Å². The lowest BCUT2D eigenvalue weighted by Gasteiger charge is -2.34. The SMILES string of the molecule is Fc1c(-c2cc(OCc3ccccc3)cc3ccccc23)ncc2c(N3CC4CCC(C3)N4)nc(OCC34CCCN3CCC4)nc12. The number of anilines is 1. The van der Waals surface area contributed by atoms with Crippen LogP contribution in [0.15, 0.2) is 72.9 Å². The third-order valence-corrected chi connectivity index (χ3v) is 10.8. The fraction of sp³-hybridized carbons (Fsp3) is 0.395. The maximum atomic E-state index is 17.0. The molecule has 0 radical (unpaired) electrons. The summed E-state index contributed by atoms with van der Waals surface area (Å²) in [7, 11) is 0. The van der Waals surface area contributed by atoms with Crippen LogP contribution in [0, 0.1) is 5.82 Å². The van der Waals surface area contributed by atoms with Crippen molar-refractivity contribution in [2.24, 2.45) is 0 Å². The predicted molar refractivity (Wildman–Crippen MR) is 181 cm³/mol. The normalized spacial score (nSPS) is 21.9. The Hall–Kier alpha value is -4.34. The van der Waals surface area contributed by atoms with Gasteiger partial charge in [-0.3, -0.25) is 9.88 Å². The Balaban J connectivity index is 1.13. The smallest absolute Gasteiger partial charge is 0.319 e. The minimum Gasteiger partial charge on any atom is -0.489 e. The Morgan fingerprint density at radius 1 is 0.872 bits per heavy atom. The molecule has 9 rings (SSSR count). The molecule has 4 fully saturated rings. The van der Waals surface area contributed by atoms with Crippen LogP contribution in [0.3, 0.4) is 0 Å². The predicted octanol–water partition coefficient (Wildman–Crippen LogP) is 6.51. The van der Waals surface area contributed by atoms with E-state index in [-0.39, 0.29) is 22.8 Å². The maximum Gasteiger partial charge on any atom is 0.319 e. The van der Waals surface area contributed by atoms with Crippen LogP contribution in [0.1, 0.15) is 44.1 Å². The maximum absolute atomic E-state index is 17.0. The molecular weight excluding hydrogens is 591 g/mol. The minimum atomic E-state index is -0.471. The van der Waals surface area contributed by atoms with Crippen molar-refractivity contribution in [3.63, 3.8) is 0 Å². The van der Waals surface area contributed by atoms with Crippen LogP contribution < -0.4 is 19.7 Å². The second-order valence-corrected chi connectivity index (χ2v) is 13.7. The Morgan fingerprint density at radius 2 is 1.64 bits per heavy atom. The lowest BCUT2D eigenvalue weighted by molar-refractivity contribution is 0.108. The van der Waals surface area contributed by atoms with Crippen LogP contribution in [-0.2, 0) is 6.61 Å². The molecule has 1 N–H and O–H groups in total. The first kappa shape index (κ1) is 28.8. The molecule has 4 saturated heterocycles. The molecule has 240 valence electrons. The first-order chi connectivity index (χ1) is 23.1. The van der Waals surface area contributed by atoms with Gasteiger partial charge in [-0.05, 0) is 80.1 Å². The van der Waals surface area contributed by atoms with Crippen molar-refractivity contribution in [3.8, 4) is 23.0 Å². The highest BCUT2D eigenvalue weighted by Gasteiger charge is 2.45. The van der Waals surface area contributed by atoms with E-state index in [2.05, 4.69) is 15.1 Å². The summed E-state index contributed by atoms with van der Waals surface area (Å²) in [5.41, 5.74) is 2.25. The number of nitrogens with zero attached hydrogens (tertiary/aromatic N) is 5. The van der Waals surface area contributed by atoms with Gasteiger partial charge in [-0.2, -0.15) is 9.97 Å². The van der Waals surface area contributed by atoms with Gasteiger partial charge in [0.1, 0.15) is 36.0 Å². The molecule has 47 heavy (non-hydrogen) atoms. The lowest BCUT2D eigenvalue weighted by Crippen LogP contribution is -2.51. The summed E-state index contributed by atoms with van der Waals surface area (Å²) in [6.07, 6.45) is 8.62. The second-order valence-electron chi connectivity index (χ2n) is 13.7. The number of nitrogens with one attached hydrogen (secondary N) is 1. The molecule has 3 aromatic carbocycles. The zero-order valence-corrected chi connectivity index (χ0v) is 26.5. The minimum absolute atomic E-state index is 0.0354. The van der Waals surface area contributed by atoms with Crippen molar-refractivity contribution in [2.75, 3.05) is 37.7 Å². The summed E-state index contributed by atoms with van der Waals surface area (Å²) in [6, 6.07) is 22.9. The molecule has 9 heteroatoms. The van der Waals surface area contributed by atoms with E-state index in [9.17, 15) is 0 Å². The van der Waals surface area contributed by atoms with E-state index in [4.69, 9.17) is 24.4 Å². The van der Waals surface area contributed by atoms with Crippen LogP contribution in [0.25, 0.3) is 32.9 Å². The number of fused-ring (bicyclic) bond motifs is 5. The number of pyridine rings is 1. The van der Waals surface area contributed by atoms with Gasteiger partial charge in [0, 0.05) is 36.9 Å². The van der Waals surface area contributed by atoms with Gasteiger partial charge in [0.25, 0.3) is 0 Å². The summed E-state index contributed by atoms with van der Waals surface area (Å²) < 4.78 is 29.7. The number of rotatable bonds is 8. The molecule has 5 aromatic rings. The van der Waals surface area contributed by atoms with Crippen LogP contribution in [0.5, 0.6) is 11.8 Å². The van der Waals surface area contributed by atoms with E-state index >= 15 is 4.39 Å². The Morgan fingerprint density at radius 3 is 2.45 bits per heavy atom. The Kier molecular flexibility index (Phi) is 7.19. The van der Waals surface area contributed by atoms with Gasteiger partial charge in [0.2, 0.25) is 0 Å². The molecule has 0 saturated carbocycles. The highest BCUT2D eigenvalue weighted by Crippen LogP contribution is 2.41. The van der Waals surface area contributed by atoms with Gasteiger partial charge in [0.05, 0.1) is 10.9 Å². The molecule has 4 aliphatic rings. The van der Waals surface area contributed by atoms with Gasteiger partial charge in [-0.25, -0.2) is 4.39 Å². The highest BCUT2D eigenvalue weighted by molar-refractivity contribution is 6.00. The number of hydrogen-bond donors (Lipinski definition) is 1. The average Bonchev–Trinajstić information content (AvgIpc) is 3.80. The number of aromatic nitrogens is 3. The zero-order valence-electron chi connectivity index (χ0n) is 26.5. The van der Waals surface area contributed by atoms with E-state index in [1.165, 1.54) is 12.8 Å². The van der Waals surface area contributed by atoms with Gasteiger partial charge in [0.15, 0.2) is 5.82 Å². The van der Waals surface area contributed by atoms with Gasteiger partial charge in [-0.15, -0.1) is 0 Å². The molecule has 0 spiro atoms. The lowest BCUT2D eigenvalue weighted by atomic mass is 9.95. The van der Waals surface area contributed by atoms with Crippen LogP contribution in [-0.4, -0.2) is 70.3 Å². The summed E-state index contributed by atoms with van der Waals surface area (Å²) >= 11 is 0. The molecule has 2 atom stereocenters. The van der Waals surface area contributed by atoms with E-state index in [1.54, 1.807) is 6.20 Å². The first-order valence-electron chi connectivity index (χ1n) is 17.1. The molecular formula is C38H39FN6O2. The fourth-order valence-corrected chi connectivity index (χ4v) is 8.45.